The highest BCUT2D eigenvalue weighted by Gasteiger charge is 1.92. The van der Waals surface area contributed by atoms with Crippen molar-refractivity contribution in [2.45, 2.75) is 26.2 Å². The molecule has 2 heteroatoms. The van der Waals surface area contributed by atoms with Gasteiger partial charge in [0.25, 0.3) is 0 Å². The Hall–Kier alpha value is 0.440. The zero-order valence-electron chi connectivity index (χ0n) is 7.02. The molecule has 0 radical (unpaired) electrons. The summed E-state index contributed by atoms with van der Waals surface area (Å²) in [5.74, 6) is 0. The summed E-state index contributed by atoms with van der Waals surface area (Å²) in [6.07, 6.45) is 8.15. The molecule has 0 aromatic carbocycles. The van der Waals surface area contributed by atoms with Crippen molar-refractivity contribution in [3.8, 4) is 0 Å². The highest BCUT2D eigenvalue weighted by atomic mass is 32.2. The lowest BCUT2D eigenvalue weighted by molar-refractivity contribution is 0.810. The summed E-state index contributed by atoms with van der Waals surface area (Å²) in [6.45, 7) is 2.23. The second-order valence-electron chi connectivity index (χ2n) is 2.13. The summed E-state index contributed by atoms with van der Waals surface area (Å²) in [5.41, 5.74) is 0. The minimum Gasteiger partial charge on any atom is -0.137 e. The zero-order valence-corrected chi connectivity index (χ0v) is 8.65. The van der Waals surface area contributed by atoms with Crippen molar-refractivity contribution in [3.05, 3.63) is 10.3 Å². The van der Waals surface area contributed by atoms with Gasteiger partial charge in [0.15, 0.2) is 0 Å². The van der Waals surface area contributed by atoms with Gasteiger partial charge in [-0.05, 0) is 35.7 Å². The van der Waals surface area contributed by atoms with Crippen LogP contribution in [0.15, 0.2) is 10.3 Å². The topological polar surface area (TPSA) is 0 Å². The Labute approximate surface area is 72.9 Å². The van der Waals surface area contributed by atoms with Gasteiger partial charge in [-0.15, -0.1) is 23.5 Å². The minimum atomic E-state index is 1.26. The highest BCUT2D eigenvalue weighted by molar-refractivity contribution is 8.05. The summed E-state index contributed by atoms with van der Waals surface area (Å²) < 4.78 is 0. The Morgan fingerprint density at radius 1 is 1.40 bits per heavy atom. The van der Waals surface area contributed by atoms with E-state index >= 15 is 0 Å². The van der Waals surface area contributed by atoms with Gasteiger partial charge >= 0.3 is 0 Å². The van der Waals surface area contributed by atoms with Crippen molar-refractivity contribution in [2.24, 2.45) is 0 Å². The largest absolute Gasteiger partial charge is 0.137 e. The van der Waals surface area contributed by atoms with E-state index in [4.69, 9.17) is 0 Å². The molecule has 0 aliphatic carbocycles. The number of hydrogen-bond acceptors (Lipinski definition) is 2. The molecular weight excluding hydrogens is 160 g/mol. The van der Waals surface area contributed by atoms with Crippen LogP contribution in [0.1, 0.15) is 26.2 Å². The van der Waals surface area contributed by atoms with Gasteiger partial charge in [-0.1, -0.05) is 13.3 Å². The van der Waals surface area contributed by atoms with E-state index in [1.54, 1.807) is 11.8 Å². The molecule has 0 aromatic heterocycles. The lowest BCUT2D eigenvalue weighted by atomic mass is 10.2. The van der Waals surface area contributed by atoms with Crippen LogP contribution in [-0.4, -0.2) is 12.5 Å². The molecule has 0 atom stereocenters. The number of rotatable bonds is 5. The number of allylic oxidation sites excluding steroid dienone is 1. The first-order chi connectivity index (χ1) is 4.85. The molecule has 0 unspecified atom stereocenters. The lowest BCUT2D eigenvalue weighted by Crippen LogP contribution is -1.75. The summed E-state index contributed by atoms with van der Waals surface area (Å²) in [5, 5.41) is 2.25. The Morgan fingerprint density at radius 3 is 2.50 bits per heavy atom. The Bertz CT molecular complexity index is 97.4. The second-order valence-corrected chi connectivity index (χ2v) is 3.77. The average molecular weight is 176 g/mol. The molecule has 0 aromatic rings. The van der Waals surface area contributed by atoms with E-state index in [0.717, 1.165) is 0 Å². The van der Waals surface area contributed by atoms with Crippen LogP contribution < -0.4 is 0 Å². The van der Waals surface area contributed by atoms with E-state index in [2.05, 4.69) is 24.8 Å². The van der Waals surface area contributed by atoms with Crippen molar-refractivity contribution in [1.29, 1.82) is 0 Å². The predicted molar refractivity (Wildman–Crippen MR) is 54.6 cm³/mol. The average Bonchev–Trinajstić information content (AvgIpc) is 1.98. The van der Waals surface area contributed by atoms with E-state index in [-0.39, 0.29) is 0 Å². The third-order valence-corrected chi connectivity index (χ3v) is 2.80. The smallest absolute Gasteiger partial charge is 0.00922 e. The van der Waals surface area contributed by atoms with Gasteiger partial charge < -0.3 is 0 Å². The predicted octanol–water partition coefficient (Wildman–Crippen LogP) is 3.74. The maximum absolute atomic E-state index is 2.25. The second kappa shape index (κ2) is 7.55. The van der Waals surface area contributed by atoms with Crippen LogP contribution in [0.2, 0.25) is 0 Å². The molecule has 0 amide bonds. The van der Waals surface area contributed by atoms with Crippen LogP contribution in [0.25, 0.3) is 0 Å². The Kier molecular flexibility index (Phi) is 7.88. The SMILES string of the molecule is CCCC/C(=C/SC)SC. The van der Waals surface area contributed by atoms with E-state index in [0.29, 0.717) is 0 Å². The third kappa shape index (κ3) is 5.24. The Morgan fingerprint density at radius 2 is 2.10 bits per heavy atom. The summed E-state index contributed by atoms with van der Waals surface area (Å²) in [4.78, 5) is 1.52. The molecule has 0 bridgehead atoms. The first kappa shape index (κ1) is 10.4. The fourth-order valence-electron chi connectivity index (χ4n) is 0.692. The van der Waals surface area contributed by atoms with Crippen LogP contribution >= 0.6 is 23.5 Å². The fraction of sp³-hybridized carbons (Fsp3) is 0.750. The van der Waals surface area contributed by atoms with Gasteiger partial charge in [0, 0.05) is 0 Å². The molecule has 0 rings (SSSR count). The summed E-state index contributed by atoms with van der Waals surface area (Å²) in [6, 6.07) is 0. The number of unbranched alkanes of at least 4 members (excludes halogenated alkanes) is 1. The van der Waals surface area contributed by atoms with Gasteiger partial charge in [0.1, 0.15) is 0 Å². The molecule has 0 N–H and O–H groups in total. The monoisotopic (exact) mass is 176 g/mol. The normalized spacial score (nSPS) is 12.1. The summed E-state index contributed by atoms with van der Waals surface area (Å²) in [7, 11) is 0. The van der Waals surface area contributed by atoms with E-state index < -0.39 is 0 Å². The first-order valence-electron chi connectivity index (χ1n) is 3.61. The Balaban J connectivity index is 3.49. The van der Waals surface area contributed by atoms with E-state index in [1.165, 1.54) is 24.2 Å². The quantitative estimate of drug-likeness (QED) is 0.626. The summed E-state index contributed by atoms with van der Waals surface area (Å²) >= 11 is 3.68. The molecule has 10 heavy (non-hydrogen) atoms. The molecule has 0 saturated carbocycles. The molecule has 0 saturated heterocycles. The number of thioether (sulfide) groups is 2. The van der Waals surface area contributed by atoms with Gasteiger partial charge in [-0.3, -0.25) is 0 Å². The van der Waals surface area contributed by atoms with Crippen LogP contribution in [0.5, 0.6) is 0 Å². The van der Waals surface area contributed by atoms with Crippen LogP contribution in [0.4, 0.5) is 0 Å². The number of hydrogen-bond donors (Lipinski definition) is 0. The maximum atomic E-state index is 2.25. The van der Waals surface area contributed by atoms with Crippen molar-refractivity contribution in [3.63, 3.8) is 0 Å². The van der Waals surface area contributed by atoms with Gasteiger partial charge in [0.05, 0.1) is 0 Å². The molecule has 60 valence electrons. The van der Waals surface area contributed by atoms with Crippen molar-refractivity contribution >= 4 is 23.5 Å². The first-order valence-corrected chi connectivity index (χ1v) is 6.12. The standard InChI is InChI=1S/C8H16S2/c1-4-5-6-8(10-3)7-9-2/h7H,4-6H2,1-3H3/b8-7-. The van der Waals surface area contributed by atoms with Crippen LogP contribution in [0.3, 0.4) is 0 Å². The molecule has 0 fully saturated rings. The van der Waals surface area contributed by atoms with Crippen LogP contribution in [-0.2, 0) is 0 Å². The van der Waals surface area contributed by atoms with Crippen molar-refractivity contribution in [1.82, 2.24) is 0 Å². The van der Waals surface area contributed by atoms with Crippen molar-refractivity contribution in [2.75, 3.05) is 12.5 Å². The molecule has 0 heterocycles. The van der Waals surface area contributed by atoms with Crippen molar-refractivity contribution < 1.29 is 0 Å². The third-order valence-electron chi connectivity index (χ3n) is 1.29. The molecule has 0 aliphatic rings. The molecular formula is C8H16S2. The molecule has 0 spiro atoms. The van der Waals surface area contributed by atoms with Crippen LogP contribution in [0, 0.1) is 0 Å². The lowest BCUT2D eigenvalue weighted by Gasteiger charge is -2.00. The highest BCUT2D eigenvalue weighted by Crippen LogP contribution is 2.21. The molecule has 0 nitrogen and oxygen atoms in total. The van der Waals surface area contributed by atoms with E-state index in [9.17, 15) is 0 Å². The van der Waals surface area contributed by atoms with Gasteiger partial charge in [-0.2, -0.15) is 0 Å². The molecule has 0 aliphatic heterocycles. The van der Waals surface area contributed by atoms with Gasteiger partial charge in [0.2, 0.25) is 0 Å². The fourth-order valence-corrected chi connectivity index (χ4v) is 2.09. The van der Waals surface area contributed by atoms with E-state index in [1.807, 2.05) is 11.8 Å². The maximum Gasteiger partial charge on any atom is -0.00922 e. The zero-order chi connectivity index (χ0) is 7.82. The minimum absolute atomic E-state index is 1.26. The van der Waals surface area contributed by atoms with Gasteiger partial charge in [-0.25, -0.2) is 0 Å².